The third-order valence-corrected chi connectivity index (χ3v) is 4.37. The highest BCUT2D eigenvalue weighted by Gasteiger charge is 2.16. The number of halogens is 1. The zero-order chi connectivity index (χ0) is 20.0. The first-order valence-corrected chi connectivity index (χ1v) is 8.86. The van der Waals surface area contributed by atoms with Crippen LogP contribution in [0.15, 0.2) is 42.5 Å². The number of amides is 3. The highest BCUT2D eigenvalue weighted by Crippen LogP contribution is 2.27. The predicted octanol–water partition coefficient (Wildman–Crippen LogP) is 3.99. The van der Waals surface area contributed by atoms with E-state index in [2.05, 4.69) is 10.6 Å². The van der Waals surface area contributed by atoms with Gasteiger partial charge in [0.1, 0.15) is 0 Å². The van der Waals surface area contributed by atoms with Gasteiger partial charge in [-0.2, -0.15) is 0 Å². The topological polar surface area (TPSA) is 78.5 Å². The van der Waals surface area contributed by atoms with Crippen molar-refractivity contribution in [2.24, 2.45) is 0 Å². The van der Waals surface area contributed by atoms with Crippen molar-refractivity contribution in [1.82, 2.24) is 0 Å². The van der Waals surface area contributed by atoms with Crippen molar-refractivity contribution in [1.29, 1.82) is 0 Å². The molecule has 0 aliphatic heterocycles. The molecule has 0 heterocycles. The van der Waals surface area contributed by atoms with Crippen LogP contribution in [0.2, 0.25) is 5.02 Å². The van der Waals surface area contributed by atoms with Gasteiger partial charge in [-0.05, 0) is 48.9 Å². The SMILES string of the molecule is CC(=O)Nc1ccc(NC(=O)CCN(C(C)=O)c2cccc(Cl)c2C)cc1. The van der Waals surface area contributed by atoms with Gasteiger partial charge >= 0.3 is 0 Å². The highest BCUT2D eigenvalue weighted by molar-refractivity contribution is 6.31. The van der Waals surface area contributed by atoms with Gasteiger partial charge in [0.25, 0.3) is 0 Å². The molecule has 2 N–H and O–H groups in total. The summed E-state index contributed by atoms with van der Waals surface area (Å²) < 4.78 is 0. The average Bonchev–Trinajstić information content (AvgIpc) is 2.59. The van der Waals surface area contributed by atoms with Crippen molar-refractivity contribution in [3.05, 3.63) is 53.1 Å². The quantitative estimate of drug-likeness (QED) is 0.786. The summed E-state index contributed by atoms with van der Waals surface area (Å²) in [5, 5.41) is 6.01. The maximum atomic E-state index is 12.2. The second-order valence-electron chi connectivity index (χ2n) is 6.11. The van der Waals surface area contributed by atoms with Crippen LogP contribution in [-0.2, 0) is 14.4 Å². The van der Waals surface area contributed by atoms with Gasteiger partial charge in [-0.3, -0.25) is 14.4 Å². The summed E-state index contributed by atoms with van der Waals surface area (Å²) in [5.41, 5.74) is 2.76. The number of hydrogen-bond donors (Lipinski definition) is 2. The molecule has 0 radical (unpaired) electrons. The molecule has 142 valence electrons. The number of anilines is 3. The summed E-state index contributed by atoms with van der Waals surface area (Å²) >= 11 is 6.13. The fourth-order valence-corrected chi connectivity index (χ4v) is 2.78. The minimum absolute atomic E-state index is 0.138. The molecule has 0 fully saturated rings. The third kappa shape index (κ3) is 5.82. The van der Waals surface area contributed by atoms with Crippen LogP contribution in [0.5, 0.6) is 0 Å². The number of benzene rings is 2. The molecule has 27 heavy (non-hydrogen) atoms. The highest BCUT2D eigenvalue weighted by atomic mass is 35.5. The monoisotopic (exact) mass is 387 g/mol. The summed E-state index contributed by atoms with van der Waals surface area (Å²) in [6.07, 6.45) is 0.138. The fraction of sp³-hybridized carbons (Fsp3) is 0.250. The number of nitrogens with one attached hydrogen (secondary N) is 2. The Morgan fingerprint density at radius 1 is 0.963 bits per heavy atom. The van der Waals surface area contributed by atoms with E-state index in [1.54, 1.807) is 47.4 Å². The lowest BCUT2D eigenvalue weighted by Gasteiger charge is -2.23. The first-order chi connectivity index (χ1) is 12.8. The van der Waals surface area contributed by atoms with Crippen LogP contribution in [0, 0.1) is 6.92 Å². The first-order valence-electron chi connectivity index (χ1n) is 8.48. The van der Waals surface area contributed by atoms with Crippen LogP contribution in [0.3, 0.4) is 0 Å². The third-order valence-electron chi connectivity index (χ3n) is 3.96. The van der Waals surface area contributed by atoms with Crippen molar-refractivity contribution < 1.29 is 14.4 Å². The molecule has 0 unspecified atom stereocenters. The molecule has 2 rings (SSSR count). The standard InChI is InChI=1S/C20H22ClN3O3/c1-13-18(21)5-4-6-19(13)24(15(3)26)12-11-20(27)23-17-9-7-16(8-10-17)22-14(2)25/h4-10H,11-12H2,1-3H3,(H,22,25)(H,23,27). The molecule has 2 aromatic carbocycles. The minimum Gasteiger partial charge on any atom is -0.326 e. The smallest absolute Gasteiger partial charge is 0.226 e. The Balaban J connectivity index is 1.99. The summed E-state index contributed by atoms with van der Waals surface area (Å²) in [6, 6.07) is 12.1. The van der Waals surface area contributed by atoms with Crippen molar-refractivity contribution in [2.45, 2.75) is 27.2 Å². The molecule has 2 aromatic rings. The van der Waals surface area contributed by atoms with Crippen LogP contribution in [-0.4, -0.2) is 24.3 Å². The summed E-state index contributed by atoms with van der Waals surface area (Å²) in [4.78, 5) is 36.8. The molecule has 0 aliphatic carbocycles. The Morgan fingerprint density at radius 2 is 1.56 bits per heavy atom. The number of rotatable bonds is 6. The van der Waals surface area contributed by atoms with Crippen LogP contribution in [0.1, 0.15) is 25.8 Å². The van der Waals surface area contributed by atoms with E-state index in [4.69, 9.17) is 11.6 Å². The second-order valence-corrected chi connectivity index (χ2v) is 6.52. The largest absolute Gasteiger partial charge is 0.326 e. The van der Waals surface area contributed by atoms with Crippen LogP contribution >= 0.6 is 11.6 Å². The molecular weight excluding hydrogens is 366 g/mol. The molecule has 0 aliphatic rings. The van der Waals surface area contributed by atoms with Gasteiger partial charge in [-0.25, -0.2) is 0 Å². The normalized spacial score (nSPS) is 10.2. The first kappa shape index (κ1) is 20.5. The van der Waals surface area contributed by atoms with Crippen LogP contribution in [0.25, 0.3) is 0 Å². The molecule has 0 atom stereocenters. The average molecular weight is 388 g/mol. The Morgan fingerprint density at radius 3 is 2.11 bits per heavy atom. The number of nitrogens with zero attached hydrogens (tertiary/aromatic N) is 1. The Hall–Kier alpha value is -2.86. The molecule has 3 amide bonds. The minimum atomic E-state index is -0.215. The van der Waals surface area contributed by atoms with E-state index in [1.807, 2.05) is 6.92 Å². The lowest BCUT2D eigenvalue weighted by atomic mass is 10.1. The second kappa shape index (κ2) is 9.19. The van der Waals surface area contributed by atoms with E-state index in [0.717, 1.165) is 5.56 Å². The fourth-order valence-electron chi connectivity index (χ4n) is 2.61. The molecule has 0 saturated heterocycles. The maximum Gasteiger partial charge on any atom is 0.226 e. The van der Waals surface area contributed by atoms with E-state index >= 15 is 0 Å². The van der Waals surface area contributed by atoms with Crippen molar-refractivity contribution >= 4 is 46.4 Å². The van der Waals surface area contributed by atoms with E-state index in [1.165, 1.54) is 13.8 Å². The summed E-state index contributed by atoms with van der Waals surface area (Å²) in [5.74, 6) is -0.534. The van der Waals surface area contributed by atoms with Gasteiger partial charge in [0.05, 0.1) is 0 Å². The summed E-state index contributed by atoms with van der Waals surface area (Å²) in [7, 11) is 0. The Kier molecular flexibility index (Phi) is 6.96. The predicted molar refractivity (Wildman–Crippen MR) is 108 cm³/mol. The zero-order valence-corrected chi connectivity index (χ0v) is 16.3. The van der Waals surface area contributed by atoms with E-state index in [9.17, 15) is 14.4 Å². The van der Waals surface area contributed by atoms with Gasteiger partial charge in [0.2, 0.25) is 17.7 Å². The molecule has 0 spiro atoms. The number of hydrogen-bond acceptors (Lipinski definition) is 3. The van der Waals surface area contributed by atoms with Gasteiger partial charge in [0, 0.05) is 48.9 Å². The number of carbonyl (C=O) groups excluding carboxylic acids is 3. The summed E-state index contributed by atoms with van der Waals surface area (Å²) in [6.45, 7) is 4.97. The Labute approximate surface area is 163 Å². The molecule has 0 bridgehead atoms. The van der Waals surface area contributed by atoms with Crippen molar-refractivity contribution in [2.75, 3.05) is 22.1 Å². The van der Waals surface area contributed by atoms with E-state index < -0.39 is 0 Å². The zero-order valence-electron chi connectivity index (χ0n) is 15.5. The van der Waals surface area contributed by atoms with Crippen molar-refractivity contribution in [3.8, 4) is 0 Å². The van der Waals surface area contributed by atoms with Crippen LogP contribution < -0.4 is 15.5 Å². The molecule has 6 nitrogen and oxygen atoms in total. The van der Waals surface area contributed by atoms with Gasteiger partial charge in [-0.15, -0.1) is 0 Å². The van der Waals surface area contributed by atoms with Gasteiger partial charge in [-0.1, -0.05) is 17.7 Å². The lowest BCUT2D eigenvalue weighted by molar-refractivity contribution is -0.117. The molecule has 0 saturated carbocycles. The lowest BCUT2D eigenvalue weighted by Crippen LogP contribution is -2.32. The van der Waals surface area contributed by atoms with Gasteiger partial charge in [0.15, 0.2) is 0 Å². The molecule has 0 aromatic heterocycles. The molecular formula is C20H22ClN3O3. The van der Waals surface area contributed by atoms with E-state index in [0.29, 0.717) is 22.1 Å². The maximum absolute atomic E-state index is 12.2. The Bertz CT molecular complexity index is 850. The molecule has 7 heteroatoms. The van der Waals surface area contributed by atoms with Crippen LogP contribution in [0.4, 0.5) is 17.1 Å². The number of carbonyl (C=O) groups is 3. The van der Waals surface area contributed by atoms with E-state index in [-0.39, 0.29) is 30.7 Å². The van der Waals surface area contributed by atoms with Gasteiger partial charge < -0.3 is 15.5 Å². The van der Waals surface area contributed by atoms with Crippen molar-refractivity contribution in [3.63, 3.8) is 0 Å².